The molecular weight excluding hydrogens is 214 g/mol. The maximum absolute atomic E-state index is 4.57. The molecule has 0 spiro atoms. The van der Waals surface area contributed by atoms with Gasteiger partial charge in [0.2, 0.25) is 11.9 Å². The SMILES string of the molecule is CCC(C)C1=NC2=NC=NC3=NC=CC(=C1)N32. The molecule has 0 aliphatic carbocycles. The molecule has 5 heteroatoms. The average Bonchev–Trinajstić information content (AvgIpc) is 2.38. The molecule has 0 saturated carbocycles. The summed E-state index contributed by atoms with van der Waals surface area (Å²) in [6, 6.07) is 0. The van der Waals surface area contributed by atoms with E-state index in [0.29, 0.717) is 17.8 Å². The predicted octanol–water partition coefficient (Wildman–Crippen LogP) is 1.95. The first-order valence-corrected chi connectivity index (χ1v) is 5.74. The van der Waals surface area contributed by atoms with Gasteiger partial charge in [-0.05, 0) is 24.5 Å². The molecule has 3 heterocycles. The molecule has 17 heavy (non-hydrogen) atoms. The van der Waals surface area contributed by atoms with E-state index in [9.17, 15) is 0 Å². The summed E-state index contributed by atoms with van der Waals surface area (Å²) >= 11 is 0. The third-order valence-corrected chi connectivity index (χ3v) is 3.08. The number of hydrogen-bond acceptors (Lipinski definition) is 5. The van der Waals surface area contributed by atoms with Crippen LogP contribution in [0.5, 0.6) is 0 Å². The molecule has 0 N–H and O–H groups in total. The van der Waals surface area contributed by atoms with E-state index in [4.69, 9.17) is 0 Å². The molecule has 0 saturated heterocycles. The lowest BCUT2D eigenvalue weighted by atomic mass is 10.0. The van der Waals surface area contributed by atoms with E-state index >= 15 is 0 Å². The second-order valence-corrected chi connectivity index (χ2v) is 4.17. The number of hydrogen-bond donors (Lipinski definition) is 0. The summed E-state index contributed by atoms with van der Waals surface area (Å²) in [6.45, 7) is 4.33. The van der Waals surface area contributed by atoms with E-state index in [-0.39, 0.29) is 0 Å². The monoisotopic (exact) mass is 227 g/mol. The molecule has 3 aliphatic rings. The van der Waals surface area contributed by atoms with Gasteiger partial charge in [0.1, 0.15) is 6.34 Å². The van der Waals surface area contributed by atoms with Gasteiger partial charge in [0.25, 0.3) is 0 Å². The smallest absolute Gasteiger partial charge is 0.238 e. The van der Waals surface area contributed by atoms with Gasteiger partial charge in [-0.25, -0.2) is 24.9 Å². The van der Waals surface area contributed by atoms with E-state index in [1.807, 2.05) is 11.0 Å². The molecule has 0 fully saturated rings. The van der Waals surface area contributed by atoms with Gasteiger partial charge in [0.15, 0.2) is 0 Å². The Morgan fingerprint density at radius 1 is 1.29 bits per heavy atom. The summed E-state index contributed by atoms with van der Waals surface area (Å²) in [5.74, 6) is 1.73. The lowest BCUT2D eigenvalue weighted by molar-refractivity contribution is 0.706. The highest BCUT2D eigenvalue weighted by atomic mass is 15.4. The van der Waals surface area contributed by atoms with Crippen LogP contribution in [0.25, 0.3) is 0 Å². The van der Waals surface area contributed by atoms with Gasteiger partial charge in [-0.15, -0.1) is 0 Å². The lowest BCUT2D eigenvalue weighted by Crippen LogP contribution is -2.40. The molecule has 0 aromatic rings. The van der Waals surface area contributed by atoms with Crippen molar-refractivity contribution in [1.82, 2.24) is 4.90 Å². The van der Waals surface area contributed by atoms with Crippen molar-refractivity contribution in [3.8, 4) is 0 Å². The third-order valence-electron chi connectivity index (χ3n) is 3.08. The summed E-state index contributed by atoms with van der Waals surface area (Å²) in [5, 5.41) is 0. The Kier molecular flexibility index (Phi) is 2.24. The summed E-state index contributed by atoms with van der Waals surface area (Å²) in [7, 11) is 0. The molecule has 0 amide bonds. The van der Waals surface area contributed by atoms with Crippen LogP contribution in [0.3, 0.4) is 0 Å². The Hall–Kier alpha value is -2.04. The average molecular weight is 227 g/mol. The first-order chi connectivity index (χ1) is 8.29. The molecule has 0 bridgehead atoms. The van der Waals surface area contributed by atoms with E-state index in [0.717, 1.165) is 17.8 Å². The Labute approximate surface area is 99.7 Å². The first-order valence-electron chi connectivity index (χ1n) is 5.74. The predicted molar refractivity (Wildman–Crippen MR) is 69.3 cm³/mol. The van der Waals surface area contributed by atoms with Crippen molar-refractivity contribution in [3.63, 3.8) is 0 Å². The van der Waals surface area contributed by atoms with Gasteiger partial charge < -0.3 is 0 Å². The van der Waals surface area contributed by atoms with Crippen LogP contribution in [0.4, 0.5) is 0 Å². The van der Waals surface area contributed by atoms with E-state index in [1.54, 1.807) is 6.20 Å². The summed E-state index contributed by atoms with van der Waals surface area (Å²) in [6.07, 6.45) is 8.37. The molecule has 3 rings (SSSR count). The second kappa shape index (κ2) is 3.76. The van der Waals surface area contributed by atoms with Crippen molar-refractivity contribution in [2.24, 2.45) is 25.9 Å². The van der Waals surface area contributed by atoms with Crippen molar-refractivity contribution >= 4 is 24.0 Å². The van der Waals surface area contributed by atoms with Gasteiger partial charge in [0, 0.05) is 11.9 Å². The highest BCUT2D eigenvalue weighted by Gasteiger charge is 2.28. The van der Waals surface area contributed by atoms with Crippen LogP contribution >= 0.6 is 0 Å². The van der Waals surface area contributed by atoms with Crippen molar-refractivity contribution < 1.29 is 0 Å². The standard InChI is InChI=1S/C12H13N5/c1-3-8(2)10-6-9-4-5-13-11-14-7-15-12(16-10)17(9)11/h4-8H,3H2,1-2H3. The minimum atomic E-state index is 0.432. The van der Waals surface area contributed by atoms with Crippen LogP contribution in [0.1, 0.15) is 20.3 Å². The molecule has 1 atom stereocenters. The van der Waals surface area contributed by atoms with Crippen molar-refractivity contribution in [3.05, 3.63) is 24.0 Å². The topological polar surface area (TPSA) is 52.7 Å². The largest absolute Gasteiger partial charge is 0.246 e. The zero-order chi connectivity index (χ0) is 11.8. The lowest BCUT2D eigenvalue weighted by Gasteiger charge is -2.30. The fraction of sp³-hybridized carbons (Fsp3) is 0.333. The second-order valence-electron chi connectivity index (χ2n) is 4.17. The summed E-state index contributed by atoms with van der Waals surface area (Å²) in [5.41, 5.74) is 2.11. The Morgan fingerprint density at radius 3 is 3.00 bits per heavy atom. The fourth-order valence-corrected chi connectivity index (χ4v) is 1.87. The van der Waals surface area contributed by atoms with E-state index < -0.39 is 0 Å². The normalized spacial score (nSPS) is 22.4. The molecule has 5 nitrogen and oxygen atoms in total. The van der Waals surface area contributed by atoms with Gasteiger partial charge in [-0.1, -0.05) is 13.8 Å². The highest BCUT2D eigenvalue weighted by Crippen LogP contribution is 2.23. The van der Waals surface area contributed by atoms with E-state index in [1.165, 1.54) is 6.34 Å². The van der Waals surface area contributed by atoms with Crippen molar-refractivity contribution in [1.29, 1.82) is 0 Å². The van der Waals surface area contributed by atoms with Crippen LogP contribution in [0.2, 0.25) is 0 Å². The minimum absolute atomic E-state index is 0.432. The fourth-order valence-electron chi connectivity index (χ4n) is 1.87. The number of allylic oxidation sites excluding steroid dienone is 2. The molecule has 86 valence electrons. The Balaban J connectivity index is 2.08. The first kappa shape index (κ1) is 10.1. The third kappa shape index (κ3) is 1.54. The Bertz CT molecular complexity index is 531. The number of guanidine groups is 2. The quantitative estimate of drug-likeness (QED) is 0.711. The zero-order valence-electron chi connectivity index (χ0n) is 9.83. The summed E-state index contributed by atoms with van der Waals surface area (Å²) in [4.78, 5) is 19.0. The maximum atomic E-state index is 4.57. The maximum Gasteiger partial charge on any atom is 0.238 e. The molecular formula is C12H13N5. The van der Waals surface area contributed by atoms with Gasteiger partial charge in [-0.3, -0.25) is 0 Å². The number of aliphatic imine (C=N–C) groups is 4. The number of nitrogens with zero attached hydrogens (tertiary/aromatic N) is 5. The van der Waals surface area contributed by atoms with Crippen LogP contribution in [-0.4, -0.2) is 28.9 Å². The van der Waals surface area contributed by atoms with Gasteiger partial charge >= 0.3 is 0 Å². The van der Waals surface area contributed by atoms with Crippen LogP contribution in [0, 0.1) is 5.92 Å². The zero-order valence-corrected chi connectivity index (χ0v) is 9.83. The highest BCUT2D eigenvalue weighted by molar-refractivity contribution is 6.17. The van der Waals surface area contributed by atoms with E-state index in [2.05, 4.69) is 39.9 Å². The molecule has 0 aromatic carbocycles. The van der Waals surface area contributed by atoms with Crippen molar-refractivity contribution in [2.45, 2.75) is 20.3 Å². The molecule has 3 aliphatic heterocycles. The number of rotatable bonds is 2. The van der Waals surface area contributed by atoms with Gasteiger partial charge in [-0.2, -0.15) is 0 Å². The van der Waals surface area contributed by atoms with Crippen LogP contribution in [-0.2, 0) is 0 Å². The summed E-state index contributed by atoms with van der Waals surface area (Å²) < 4.78 is 0. The minimum Gasteiger partial charge on any atom is -0.246 e. The van der Waals surface area contributed by atoms with Gasteiger partial charge in [0.05, 0.1) is 5.70 Å². The molecule has 1 unspecified atom stereocenters. The van der Waals surface area contributed by atoms with Crippen LogP contribution in [0.15, 0.2) is 44.0 Å². The molecule has 0 radical (unpaired) electrons. The molecule has 0 aromatic heterocycles. The van der Waals surface area contributed by atoms with Crippen LogP contribution < -0.4 is 0 Å². The Morgan fingerprint density at radius 2 is 2.18 bits per heavy atom. The van der Waals surface area contributed by atoms with Crippen molar-refractivity contribution in [2.75, 3.05) is 0 Å².